The van der Waals surface area contributed by atoms with E-state index in [1.165, 1.54) is 6.20 Å². The predicted molar refractivity (Wildman–Crippen MR) is 69.9 cm³/mol. The Bertz CT molecular complexity index is 566. The van der Waals surface area contributed by atoms with Crippen LogP contribution >= 0.6 is 0 Å². The fraction of sp³-hybridized carbons (Fsp3) is 0.231. The van der Waals surface area contributed by atoms with Crippen molar-refractivity contribution in [3.05, 3.63) is 41.8 Å². The lowest BCUT2D eigenvalue weighted by Crippen LogP contribution is -2.28. The van der Waals surface area contributed by atoms with Crippen LogP contribution in [0.1, 0.15) is 16.1 Å². The Labute approximate surface area is 110 Å². The molecule has 0 atom stereocenters. The number of nitrogens with one attached hydrogen (secondary N) is 1. The van der Waals surface area contributed by atoms with Gasteiger partial charge in [0.1, 0.15) is 23.7 Å². The molecule has 0 fully saturated rings. The molecule has 1 heterocycles. The van der Waals surface area contributed by atoms with Gasteiger partial charge in [0.2, 0.25) is 0 Å². The molecule has 0 spiro atoms. The summed E-state index contributed by atoms with van der Waals surface area (Å²) < 4.78 is 10.3. The lowest BCUT2D eigenvalue weighted by molar-refractivity contribution is 0.0945. The van der Waals surface area contributed by atoms with Crippen LogP contribution in [0.15, 0.2) is 35.0 Å². The first-order chi connectivity index (χ1) is 9.18. The molecular weight excluding hydrogens is 246 g/mol. The number of carbonyl (C=O) groups is 1. The number of hydrogen-bond donors (Lipinski definition) is 2. The first kappa shape index (κ1) is 12.9. The zero-order chi connectivity index (χ0) is 13.7. The van der Waals surface area contributed by atoms with E-state index in [4.69, 9.17) is 15.0 Å². The fourth-order valence-electron chi connectivity index (χ4n) is 1.55. The Kier molecular flexibility index (Phi) is 4.02. The van der Waals surface area contributed by atoms with Gasteiger partial charge in [-0.2, -0.15) is 0 Å². The molecule has 0 bridgehead atoms. The summed E-state index contributed by atoms with van der Waals surface area (Å²) >= 11 is 0. The number of aryl methyl sites for hydroxylation is 1. The van der Waals surface area contributed by atoms with Crippen LogP contribution in [0.2, 0.25) is 0 Å². The van der Waals surface area contributed by atoms with E-state index >= 15 is 0 Å². The van der Waals surface area contributed by atoms with Crippen molar-refractivity contribution in [3.63, 3.8) is 0 Å². The van der Waals surface area contributed by atoms with Crippen LogP contribution in [0.25, 0.3) is 0 Å². The van der Waals surface area contributed by atoms with E-state index in [1.54, 1.807) is 19.1 Å². The van der Waals surface area contributed by atoms with Crippen LogP contribution in [0.5, 0.6) is 5.75 Å². The molecule has 6 heteroatoms. The maximum atomic E-state index is 11.7. The van der Waals surface area contributed by atoms with E-state index in [-0.39, 0.29) is 5.91 Å². The molecule has 3 N–H and O–H groups in total. The molecule has 0 saturated heterocycles. The molecule has 100 valence electrons. The van der Waals surface area contributed by atoms with Gasteiger partial charge in [0.25, 0.3) is 5.91 Å². The minimum absolute atomic E-state index is 0.233. The standard InChI is InChI=1S/C13H15N3O3/c1-9-10(8-16-19-9)13(17)15-6-7-18-12-5-3-2-4-11(12)14/h2-5,8H,6-7,14H2,1H3,(H,15,17). The number of aromatic nitrogens is 1. The number of carbonyl (C=O) groups excluding carboxylic acids is 1. The zero-order valence-corrected chi connectivity index (χ0v) is 10.6. The number of nitrogens with zero attached hydrogens (tertiary/aromatic N) is 1. The van der Waals surface area contributed by atoms with Gasteiger partial charge < -0.3 is 20.3 Å². The highest BCUT2D eigenvalue weighted by atomic mass is 16.5. The number of hydrogen-bond acceptors (Lipinski definition) is 5. The van der Waals surface area contributed by atoms with Crippen LogP contribution in [-0.4, -0.2) is 24.2 Å². The molecule has 0 aliphatic carbocycles. The molecule has 0 radical (unpaired) electrons. The number of nitrogens with two attached hydrogens (primary N) is 1. The minimum atomic E-state index is -0.233. The second-order valence-electron chi connectivity index (χ2n) is 3.94. The number of ether oxygens (including phenoxy) is 1. The molecule has 0 aliphatic heterocycles. The van der Waals surface area contributed by atoms with Crippen molar-refractivity contribution in [2.75, 3.05) is 18.9 Å². The Morgan fingerprint density at radius 3 is 2.95 bits per heavy atom. The molecular formula is C13H15N3O3. The molecule has 1 amide bonds. The second-order valence-corrected chi connectivity index (χ2v) is 3.94. The van der Waals surface area contributed by atoms with Crippen molar-refractivity contribution in [2.24, 2.45) is 0 Å². The van der Waals surface area contributed by atoms with Gasteiger partial charge in [0.15, 0.2) is 0 Å². The summed E-state index contributed by atoms with van der Waals surface area (Å²) in [5.74, 6) is 0.868. The largest absolute Gasteiger partial charge is 0.490 e. The molecule has 19 heavy (non-hydrogen) atoms. The average molecular weight is 261 g/mol. The number of para-hydroxylation sites is 2. The van der Waals surface area contributed by atoms with Crippen molar-refractivity contribution in [2.45, 2.75) is 6.92 Å². The van der Waals surface area contributed by atoms with Gasteiger partial charge in [-0.1, -0.05) is 17.3 Å². The first-order valence-corrected chi connectivity index (χ1v) is 5.85. The summed E-state index contributed by atoms with van der Waals surface area (Å²) in [6.45, 7) is 2.39. The first-order valence-electron chi connectivity index (χ1n) is 5.85. The lowest BCUT2D eigenvalue weighted by Gasteiger charge is -2.09. The van der Waals surface area contributed by atoms with Crippen molar-refractivity contribution in [1.82, 2.24) is 10.5 Å². The molecule has 0 aliphatic rings. The van der Waals surface area contributed by atoms with Crippen LogP contribution in [-0.2, 0) is 0 Å². The molecule has 0 saturated carbocycles. The molecule has 0 unspecified atom stereocenters. The third-order valence-corrected chi connectivity index (χ3v) is 2.56. The highest BCUT2D eigenvalue weighted by Crippen LogP contribution is 2.19. The van der Waals surface area contributed by atoms with Crippen LogP contribution in [0.4, 0.5) is 5.69 Å². The van der Waals surface area contributed by atoms with E-state index in [0.29, 0.717) is 35.9 Å². The average Bonchev–Trinajstić information content (AvgIpc) is 2.82. The maximum absolute atomic E-state index is 11.7. The van der Waals surface area contributed by atoms with Crippen molar-refractivity contribution in [3.8, 4) is 5.75 Å². The topological polar surface area (TPSA) is 90.4 Å². The number of anilines is 1. The van der Waals surface area contributed by atoms with Gasteiger partial charge in [-0.05, 0) is 19.1 Å². The van der Waals surface area contributed by atoms with Gasteiger partial charge in [-0.15, -0.1) is 0 Å². The highest BCUT2D eigenvalue weighted by Gasteiger charge is 2.11. The van der Waals surface area contributed by atoms with E-state index < -0.39 is 0 Å². The summed E-state index contributed by atoms with van der Waals surface area (Å²) in [5, 5.41) is 6.26. The van der Waals surface area contributed by atoms with Crippen molar-refractivity contribution in [1.29, 1.82) is 0 Å². The zero-order valence-electron chi connectivity index (χ0n) is 10.6. The normalized spacial score (nSPS) is 10.2. The second kappa shape index (κ2) is 5.90. The Hall–Kier alpha value is -2.50. The number of nitrogen functional groups attached to an aromatic ring is 1. The molecule has 1 aromatic carbocycles. The number of rotatable bonds is 5. The van der Waals surface area contributed by atoms with Crippen LogP contribution in [0, 0.1) is 6.92 Å². The third-order valence-electron chi connectivity index (χ3n) is 2.56. The molecule has 1 aromatic heterocycles. The summed E-state index contributed by atoms with van der Waals surface area (Å²) in [4.78, 5) is 11.7. The minimum Gasteiger partial charge on any atom is -0.490 e. The Morgan fingerprint density at radius 2 is 2.26 bits per heavy atom. The smallest absolute Gasteiger partial charge is 0.256 e. The lowest BCUT2D eigenvalue weighted by atomic mass is 10.2. The van der Waals surface area contributed by atoms with Gasteiger partial charge in [-0.3, -0.25) is 4.79 Å². The fourth-order valence-corrected chi connectivity index (χ4v) is 1.55. The van der Waals surface area contributed by atoms with E-state index in [2.05, 4.69) is 10.5 Å². The number of benzene rings is 1. The molecule has 6 nitrogen and oxygen atoms in total. The van der Waals surface area contributed by atoms with E-state index in [9.17, 15) is 4.79 Å². The number of amides is 1. The maximum Gasteiger partial charge on any atom is 0.256 e. The van der Waals surface area contributed by atoms with Gasteiger partial charge in [0, 0.05) is 0 Å². The van der Waals surface area contributed by atoms with Crippen molar-refractivity contribution < 1.29 is 14.1 Å². The highest BCUT2D eigenvalue weighted by molar-refractivity contribution is 5.94. The van der Waals surface area contributed by atoms with Crippen molar-refractivity contribution >= 4 is 11.6 Å². The van der Waals surface area contributed by atoms with Gasteiger partial charge >= 0.3 is 0 Å². The summed E-state index contributed by atoms with van der Waals surface area (Å²) in [5.41, 5.74) is 6.73. The summed E-state index contributed by atoms with van der Waals surface area (Å²) in [6.07, 6.45) is 1.39. The third kappa shape index (κ3) is 3.25. The van der Waals surface area contributed by atoms with Gasteiger partial charge in [-0.25, -0.2) is 0 Å². The quantitative estimate of drug-likeness (QED) is 0.626. The van der Waals surface area contributed by atoms with E-state index in [0.717, 1.165) is 0 Å². The predicted octanol–water partition coefficient (Wildman–Crippen LogP) is 1.37. The molecule has 2 aromatic rings. The molecule has 2 rings (SSSR count). The summed E-state index contributed by atoms with van der Waals surface area (Å²) in [7, 11) is 0. The summed E-state index contributed by atoms with van der Waals surface area (Å²) in [6, 6.07) is 7.21. The monoisotopic (exact) mass is 261 g/mol. The van der Waals surface area contributed by atoms with Crippen LogP contribution in [0.3, 0.4) is 0 Å². The van der Waals surface area contributed by atoms with Crippen LogP contribution < -0.4 is 15.8 Å². The van der Waals surface area contributed by atoms with Gasteiger partial charge in [0.05, 0.1) is 18.4 Å². The Morgan fingerprint density at radius 1 is 1.47 bits per heavy atom. The Balaban J connectivity index is 1.77. The van der Waals surface area contributed by atoms with E-state index in [1.807, 2.05) is 12.1 Å². The SMILES string of the molecule is Cc1oncc1C(=O)NCCOc1ccccc1N.